The zero-order valence-corrected chi connectivity index (χ0v) is 4.49. The van der Waals surface area contributed by atoms with Crippen molar-refractivity contribution in [2.45, 2.75) is 0 Å². The molecule has 0 aromatic rings. The summed E-state index contributed by atoms with van der Waals surface area (Å²) >= 11 is 1.27. The standard InChI is InChI=1S/C3H8O2S/c1-6-5-3-2-4/h4H,2-3H2,1H3. The molecule has 3 heteroatoms. The molecule has 2 nitrogen and oxygen atoms in total. The molecule has 0 saturated carbocycles. The van der Waals surface area contributed by atoms with E-state index in [-0.39, 0.29) is 6.61 Å². The van der Waals surface area contributed by atoms with E-state index >= 15 is 0 Å². The normalized spacial score (nSPS) is 9.00. The maximum Gasteiger partial charge on any atom is 0.0845 e. The largest absolute Gasteiger partial charge is 0.394 e. The Kier molecular flexibility index (Phi) is 5.51. The van der Waals surface area contributed by atoms with E-state index in [0.29, 0.717) is 6.61 Å². The Bertz CT molecular complexity index is 20.8. The van der Waals surface area contributed by atoms with Crippen LogP contribution in [-0.2, 0) is 4.18 Å². The molecule has 0 aliphatic heterocycles. The Hall–Kier alpha value is 0.270. The smallest absolute Gasteiger partial charge is 0.0845 e. The maximum atomic E-state index is 8.06. The van der Waals surface area contributed by atoms with Crippen molar-refractivity contribution in [3.8, 4) is 0 Å². The molecule has 0 saturated heterocycles. The van der Waals surface area contributed by atoms with Crippen LogP contribution in [0.5, 0.6) is 0 Å². The highest BCUT2D eigenvalue weighted by molar-refractivity contribution is 7.93. The van der Waals surface area contributed by atoms with Crippen LogP contribution in [-0.4, -0.2) is 24.6 Å². The van der Waals surface area contributed by atoms with Crippen molar-refractivity contribution < 1.29 is 9.29 Å². The zero-order valence-electron chi connectivity index (χ0n) is 3.68. The number of aliphatic hydroxyl groups excluding tert-OH is 1. The van der Waals surface area contributed by atoms with E-state index in [2.05, 4.69) is 4.18 Å². The van der Waals surface area contributed by atoms with Gasteiger partial charge in [0, 0.05) is 6.26 Å². The lowest BCUT2D eigenvalue weighted by molar-refractivity contribution is 0.221. The van der Waals surface area contributed by atoms with E-state index in [1.807, 2.05) is 6.26 Å². The molecule has 0 fully saturated rings. The fourth-order valence-electron chi connectivity index (χ4n) is 0.121. The molecule has 38 valence electrons. The Morgan fingerprint density at radius 3 is 2.67 bits per heavy atom. The number of rotatable bonds is 3. The Morgan fingerprint density at radius 2 is 2.50 bits per heavy atom. The monoisotopic (exact) mass is 108 g/mol. The quantitative estimate of drug-likeness (QED) is 0.416. The third-order valence-corrected chi connectivity index (χ3v) is 0.695. The Labute approximate surface area is 41.7 Å². The summed E-state index contributed by atoms with van der Waals surface area (Å²) in [5.41, 5.74) is 0. The van der Waals surface area contributed by atoms with Gasteiger partial charge in [0.1, 0.15) is 0 Å². The zero-order chi connectivity index (χ0) is 4.83. The summed E-state index contributed by atoms with van der Waals surface area (Å²) in [7, 11) is 0. The summed E-state index contributed by atoms with van der Waals surface area (Å²) < 4.78 is 4.65. The first-order chi connectivity index (χ1) is 2.91. The van der Waals surface area contributed by atoms with Gasteiger partial charge in [0.25, 0.3) is 0 Å². The van der Waals surface area contributed by atoms with Gasteiger partial charge in [-0.25, -0.2) is 0 Å². The highest BCUT2D eigenvalue weighted by atomic mass is 32.2. The van der Waals surface area contributed by atoms with Crippen LogP contribution in [0.2, 0.25) is 0 Å². The molecule has 0 spiro atoms. The first-order valence-corrected chi connectivity index (χ1v) is 2.83. The summed E-state index contributed by atoms with van der Waals surface area (Å²) in [6, 6.07) is 0. The van der Waals surface area contributed by atoms with E-state index in [9.17, 15) is 0 Å². The fraction of sp³-hybridized carbons (Fsp3) is 1.00. The van der Waals surface area contributed by atoms with E-state index in [1.54, 1.807) is 0 Å². The Balaban J connectivity index is 2.34. The van der Waals surface area contributed by atoms with Crippen molar-refractivity contribution in [1.29, 1.82) is 0 Å². The van der Waals surface area contributed by atoms with Crippen molar-refractivity contribution >= 4 is 12.0 Å². The van der Waals surface area contributed by atoms with Crippen LogP contribution < -0.4 is 0 Å². The molecule has 0 heterocycles. The van der Waals surface area contributed by atoms with Crippen molar-refractivity contribution in [2.75, 3.05) is 19.5 Å². The van der Waals surface area contributed by atoms with Gasteiger partial charge in [-0.05, 0) is 12.0 Å². The third kappa shape index (κ3) is 4.27. The van der Waals surface area contributed by atoms with E-state index < -0.39 is 0 Å². The molecular formula is C3H8O2S. The molecule has 0 radical (unpaired) electrons. The van der Waals surface area contributed by atoms with Gasteiger partial charge in [-0.15, -0.1) is 0 Å². The average Bonchev–Trinajstić information content (AvgIpc) is 1.61. The SMILES string of the molecule is CSOCCO. The van der Waals surface area contributed by atoms with Crippen LogP contribution in [0.25, 0.3) is 0 Å². The molecule has 0 aromatic heterocycles. The lowest BCUT2D eigenvalue weighted by Crippen LogP contribution is -1.90. The second-order valence-corrected chi connectivity index (χ2v) is 1.28. The second-order valence-electron chi connectivity index (χ2n) is 0.712. The summed E-state index contributed by atoms with van der Waals surface area (Å²) in [5, 5.41) is 8.06. The van der Waals surface area contributed by atoms with Crippen LogP contribution in [0.15, 0.2) is 0 Å². The van der Waals surface area contributed by atoms with Crippen LogP contribution in [0.4, 0.5) is 0 Å². The van der Waals surface area contributed by atoms with Gasteiger partial charge in [-0.3, -0.25) is 0 Å². The van der Waals surface area contributed by atoms with Crippen molar-refractivity contribution in [2.24, 2.45) is 0 Å². The minimum Gasteiger partial charge on any atom is -0.394 e. The summed E-state index contributed by atoms with van der Waals surface area (Å²) in [4.78, 5) is 0. The highest BCUT2D eigenvalue weighted by Gasteiger charge is 1.74. The summed E-state index contributed by atoms with van der Waals surface area (Å²) in [5.74, 6) is 0. The predicted molar refractivity (Wildman–Crippen MR) is 26.6 cm³/mol. The van der Waals surface area contributed by atoms with Gasteiger partial charge in [0.05, 0.1) is 13.2 Å². The molecule has 6 heavy (non-hydrogen) atoms. The van der Waals surface area contributed by atoms with Gasteiger partial charge >= 0.3 is 0 Å². The number of aliphatic hydroxyl groups is 1. The lowest BCUT2D eigenvalue weighted by atomic mass is 10.8. The van der Waals surface area contributed by atoms with Gasteiger partial charge in [-0.1, -0.05) is 0 Å². The lowest BCUT2D eigenvalue weighted by Gasteiger charge is -1.89. The second kappa shape index (κ2) is 5.27. The van der Waals surface area contributed by atoms with Gasteiger partial charge in [-0.2, -0.15) is 0 Å². The van der Waals surface area contributed by atoms with Gasteiger partial charge in [0.2, 0.25) is 0 Å². The molecule has 0 atom stereocenters. The fourth-order valence-corrected chi connectivity index (χ4v) is 0.362. The minimum absolute atomic E-state index is 0.112. The molecule has 0 aliphatic rings. The maximum absolute atomic E-state index is 8.06. The topological polar surface area (TPSA) is 29.5 Å². The predicted octanol–water partition coefficient (Wildman–Crippen LogP) is 0.273. The molecule has 0 aliphatic carbocycles. The highest BCUT2D eigenvalue weighted by Crippen LogP contribution is 1.90. The molecule has 0 bridgehead atoms. The number of hydrogen-bond donors (Lipinski definition) is 1. The summed E-state index contributed by atoms with van der Waals surface area (Å²) in [6.07, 6.45) is 1.82. The van der Waals surface area contributed by atoms with Gasteiger partial charge in [0.15, 0.2) is 0 Å². The molecule has 0 unspecified atom stereocenters. The molecule has 0 aromatic carbocycles. The van der Waals surface area contributed by atoms with Crippen molar-refractivity contribution in [3.63, 3.8) is 0 Å². The molecular weight excluding hydrogens is 100 g/mol. The molecule has 0 amide bonds. The minimum atomic E-state index is 0.112. The first kappa shape index (κ1) is 6.27. The van der Waals surface area contributed by atoms with E-state index in [1.165, 1.54) is 12.0 Å². The van der Waals surface area contributed by atoms with Crippen LogP contribution in [0, 0.1) is 0 Å². The number of hydrogen-bond acceptors (Lipinski definition) is 3. The van der Waals surface area contributed by atoms with Crippen LogP contribution >= 0.6 is 12.0 Å². The van der Waals surface area contributed by atoms with Crippen LogP contribution in [0.3, 0.4) is 0 Å². The summed E-state index contributed by atoms with van der Waals surface area (Å²) in [6.45, 7) is 0.544. The van der Waals surface area contributed by atoms with Crippen molar-refractivity contribution in [1.82, 2.24) is 0 Å². The third-order valence-electron chi connectivity index (χ3n) is 0.292. The van der Waals surface area contributed by atoms with Crippen molar-refractivity contribution in [3.05, 3.63) is 0 Å². The Morgan fingerprint density at radius 1 is 1.83 bits per heavy atom. The van der Waals surface area contributed by atoms with Gasteiger partial charge < -0.3 is 9.29 Å². The molecule has 0 rings (SSSR count). The van der Waals surface area contributed by atoms with E-state index in [4.69, 9.17) is 5.11 Å². The van der Waals surface area contributed by atoms with E-state index in [0.717, 1.165) is 0 Å². The average molecular weight is 108 g/mol. The first-order valence-electron chi connectivity index (χ1n) is 1.68. The van der Waals surface area contributed by atoms with Crippen LogP contribution in [0.1, 0.15) is 0 Å². The molecule has 1 N–H and O–H groups in total.